The number of methoxy groups -OCH3 is 1. The van der Waals surface area contributed by atoms with E-state index in [0.29, 0.717) is 34.4 Å². The van der Waals surface area contributed by atoms with Crippen molar-refractivity contribution in [3.63, 3.8) is 0 Å². The van der Waals surface area contributed by atoms with E-state index in [1.807, 2.05) is 12.1 Å². The maximum Gasteiger partial charge on any atom is 0.379 e. The number of carbonyl (C=O) groups is 3. The first kappa shape index (κ1) is 27.3. The summed E-state index contributed by atoms with van der Waals surface area (Å²) in [6.45, 7) is 15.6. The molecule has 0 bridgehead atoms. The first-order chi connectivity index (χ1) is 16.0. The summed E-state index contributed by atoms with van der Waals surface area (Å²) in [5.74, 6) is 1.47. The van der Waals surface area contributed by atoms with Crippen molar-refractivity contribution in [1.82, 2.24) is 0 Å². The van der Waals surface area contributed by atoms with Crippen LogP contribution in [0.1, 0.15) is 70.0 Å². The number of ketones is 1. The predicted octanol–water partition coefficient (Wildman–Crippen LogP) is 5.82. The first-order valence-corrected chi connectivity index (χ1v) is 14.1. The van der Waals surface area contributed by atoms with Crippen LogP contribution in [0.2, 0.25) is 16.6 Å². The monoisotopic (exact) mass is 480 g/mol. The summed E-state index contributed by atoms with van der Waals surface area (Å²) in [7, 11) is -0.814. The van der Waals surface area contributed by atoms with Gasteiger partial charge in [-0.2, -0.15) is 0 Å². The minimum absolute atomic E-state index is 0.122. The number of hydrogen-bond donors (Lipinski definition) is 0. The van der Waals surface area contributed by atoms with Crippen molar-refractivity contribution < 1.29 is 23.9 Å². The molecular formula is C28H36O5Si. The Morgan fingerprint density at radius 2 is 1.47 bits per heavy atom. The highest BCUT2D eigenvalue weighted by Gasteiger charge is 2.41. The lowest BCUT2D eigenvalue weighted by Crippen LogP contribution is -2.43. The number of ether oxygens (including phenoxy) is 2. The molecule has 34 heavy (non-hydrogen) atoms. The van der Waals surface area contributed by atoms with E-state index in [0.717, 1.165) is 11.1 Å². The molecule has 2 rings (SSSR count). The average molecular weight is 481 g/mol. The molecule has 0 amide bonds. The van der Waals surface area contributed by atoms with Gasteiger partial charge < -0.3 is 9.47 Å². The van der Waals surface area contributed by atoms with Gasteiger partial charge in [-0.15, -0.1) is 5.54 Å². The molecule has 0 heterocycles. The van der Waals surface area contributed by atoms with Crippen molar-refractivity contribution >= 4 is 25.8 Å². The maximum absolute atomic E-state index is 12.8. The quantitative estimate of drug-likeness (QED) is 0.156. The fraction of sp³-hybridized carbons (Fsp3) is 0.464. The van der Waals surface area contributed by atoms with Gasteiger partial charge in [0, 0.05) is 11.1 Å². The normalized spacial score (nSPS) is 11.5. The zero-order valence-electron chi connectivity index (χ0n) is 21.6. The van der Waals surface area contributed by atoms with Crippen LogP contribution in [-0.2, 0) is 25.5 Å². The molecule has 0 N–H and O–H groups in total. The molecule has 0 saturated carbocycles. The molecular weight excluding hydrogens is 444 g/mol. The highest BCUT2D eigenvalue weighted by atomic mass is 28.3. The van der Waals surface area contributed by atoms with Crippen LogP contribution < -0.4 is 0 Å². The van der Waals surface area contributed by atoms with E-state index in [-0.39, 0.29) is 18.0 Å². The Morgan fingerprint density at radius 3 is 1.97 bits per heavy atom. The molecule has 0 aromatic heterocycles. The highest BCUT2D eigenvalue weighted by molar-refractivity contribution is 6.90. The highest BCUT2D eigenvalue weighted by Crippen LogP contribution is 2.41. The van der Waals surface area contributed by atoms with Crippen molar-refractivity contribution in [3.8, 4) is 22.6 Å². The molecule has 0 aliphatic heterocycles. The summed E-state index contributed by atoms with van der Waals surface area (Å²) in [6, 6.07) is 8.95. The van der Waals surface area contributed by atoms with Gasteiger partial charge in [-0.1, -0.05) is 71.7 Å². The average Bonchev–Trinajstić information content (AvgIpc) is 2.98. The summed E-state index contributed by atoms with van der Waals surface area (Å²) < 4.78 is 9.74. The summed E-state index contributed by atoms with van der Waals surface area (Å²) in [5, 5.41) is 0. The second kappa shape index (κ2) is 11.5. The molecule has 0 fully saturated rings. The molecule has 6 heteroatoms. The van der Waals surface area contributed by atoms with Gasteiger partial charge in [-0.3, -0.25) is 9.59 Å². The Balaban J connectivity index is 2.72. The van der Waals surface area contributed by atoms with E-state index in [1.165, 1.54) is 7.11 Å². The second-order valence-electron chi connectivity index (χ2n) is 9.49. The summed E-state index contributed by atoms with van der Waals surface area (Å²) in [4.78, 5) is 36.8. The standard InChI is InChI=1S/C28H36O5Si/c1-9-33-26(29)16-21-10-12-23-22(14-15-34(18(2)3,19(4)5)20(6)7)17-25(24(23)13-11-21)27(30)28(31)32-8/h10-13,17-20H,9,16H2,1-8H3. The molecule has 0 radical (unpaired) electrons. The lowest BCUT2D eigenvalue weighted by molar-refractivity contribution is -0.142. The lowest BCUT2D eigenvalue weighted by Gasteiger charge is -2.38. The smallest absolute Gasteiger partial charge is 0.379 e. The number of rotatable bonds is 8. The Labute approximate surface area is 204 Å². The van der Waals surface area contributed by atoms with Crippen LogP contribution in [0.4, 0.5) is 0 Å². The van der Waals surface area contributed by atoms with Crippen molar-refractivity contribution in [2.24, 2.45) is 0 Å². The molecule has 5 nitrogen and oxygen atoms in total. The molecule has 0 atom stereocenters. The number of fused-ring (bicyclic) bond motifs is 1. The number of carbonyl (C=O) groups excluding carboxylic acids is 3. The topological polar surface area (TPSA) is 69.7 Å². The summed E-state index contributed by atoms with van der Waals surface area (Å²) in [6.07, 6.45) is 0.122. The van der Waals surface area contributed by atoms with Crippen molar-refractivity contribution in [2.45, 2.75) is 71.5 Å². The van der Waals surface area contributed by atoms with Crippen LogP contribution in [0.15, 0.2) is 30.3 Å². The van der Waals surface area contributed by atoms with Gasteiger partial charge in [0.1, 0.15) is 8.07 Å². The largest absolute Gasteiger partial charge is 0.466 e. The minimum Gasteiger partial charge on any atom is -0.466 e. The third-order valence-corrected chi connectivity index (χ3v) is 12.9. The zero-order valence-corrected chi connectivity index (χ0v) is 22.6. The van der Waals surface area contributed by atoms with Crippen LogP contribution in [0.25, 0.3) is 11.1 Å². The third kappa shape index (κ3) is 5.59. The van der Waals surface area contributed by atoms with Crippen LogP contribution in [0, 0.1) is 11.5 Å². The van der Waals surface area contributed by atoms with Crippen LogP contribution in [-0.4, -0.2) is 39.5 Å². The fourth-order valence-corrected chi connectivity index (χ4v) is 10.2. The maximum atomic E-state index is 12.8. The molecule has 2 aliphatic rings. The SMILES string of the molecule is CCOC(=O)Cc1ccc2c(C#C[Si](C(C)C)(C(C)C)C(C)C)cc(C(=O)C(=O)OC)c-2cc1. The Bertz CT molecular complexity index is 1070. The van der Waals surface area contributed by atoms with E-state index >= 15 is 0 Å². The Hall–Kier alpha value is -2.91. The molecule has 0 aromatic rings. The molecule has 2 aliphatic carbocycles. The van der Waals surface area contributed by atoms with E-state index in [2.05, 4.69) is 57.7 Å². The van der Waals surface area contributed by atoms with Gasteiger partial charge in [-0.05, 0) is 46.3 Å². The Kier molecular flexibility index (Phi) is 9.23. The summed E-state index contributed by atoms with van der Waals surface area (Å²) >= 11 is 0. The van der Waals surface area contributed by atoms with Gasteiger partial charge in [0.15, 0.2) is 0 Å². The van der Waals surface area contributed by atoms with Gasteiger partial charge in [0.25, 0.3) is 5.78 Å². The van der Waals surface area contributed by atoms with E-state index in [9.17, 15) is 14.4 Å². The van der Waals surface area contributed by atoms with Crippen molar-refractivity contribution in [2.75, 3.05) is 13.7 Å². The number of hydrogen-bond acceptors (Lipinski definition) is 5. The minimum atomic E-state index is -2.01. The van der Waals surface area contributed by atoms with E-state index in [1.54, 1.807) is 25.1 Å². The molecule has 0 aromatic carbocycles. The zero-order chi connectivity index (χ0) is 25.6. The second-order valence-corrected chi connectivity index (χ2v) is 15.1. The summed E-state index contributed by atoms with van der Waals surface area (Å²) in [5.41, 5.74) is 8.19. The van der Waals surface area contributed by atoms with Gasteiger partial charge >= 0.3 is 11.9 Å². The van der Waals surface area contributed by atoms with Crippen LogP contribution in [0.3, 0.4) is 0 Å². The van der Waals surface area contributed by atoms with E-state index in [4.69, 9.17) is 4.74 Å². The van der Waals surface area contributed by atoms with Gasteiger partial charge in [0.05, 0.1) is 20.1 Å². The van der Waals surface area contributed by atoms with Gasteiger partial charge in [0.2, 0.25) is 0 Å². The number of Topliss-reactive ketones (excluding diaryl/α,β-unsaturated/α-hetero) is 1. The van der Waals surface area contributed by atoms with Crippen molar-refractivity contribution in [1.29, 1.82) is 0 Å². The van der Waals surface area contributed by atoms with Crippen molar-refractivity contribution in [3.05, 3.63) is 47.0 Å². The molecule has 0 unspecified atom stereocenters. The van der Waals surface area contributed by atoms with Gasteiger partial charge in [-0.25, -0.2) is 4.79 Å². The predicted molar refractivity (Wildman–Crippen MR) is 138 cm³/mol. The molecule has 0 spiro atoms. The first-order valence-electron chi connectivity index (χ1n) is 11.9. The Morgan fingerprint density at radius 1 is 0.912 bits per heavy atom. The lowest BCUT2D eigenvalue weighted by atomic mass is 10.1. The number of esters is 2. The fourth-order valence-electron chi connectivity index (χ4n) is 4.98. The molecule has 182 valence electrons. The van der Waals surface area contributed by atoms with Crippen LogP contribution >= 0.6 is 0 Å². The molecule has 0 saturated heterocycles. The third-order valence-electron chi connectivity index (χ3n) is 6.64. The van der Waals surface area contributed by atoms with Crippen LogP contribution in [0.5, 0.6) is 0 Å². The van der Waals surface area contributed by atoms with E-state index < -0.39 is 19.8 Å².